The zero-order chi connectivity index (χ0) is 18.2. The predicted molar refractivity (Wildman–Crippen MR) is 100 cm³/mol. The predicted octanol–water partition coefficient (Wildman–Crippen LogP) is 3.46. The van der Waals surface area contributed by atoms with Crippen LogP contribution in [0.3, 0.4) is 0 Å². The van der Waals surface area contributed by atoms with Gasteiger partial charge in [-0.2, -0.15) is 5.26 Å². The largest absolute Gasteiger partial charge is 0.493 e. The van der Waals surface area contributed by atoms with Gasteiger partial charge in [-0.25, -0.2) is 0 Å². The number of ether oxygens (including phenoxy) is 2. The molecule has 2 unspecified atom stereocenters. The van der Waals surface area contributed by atoms with E-state index in [4.69, 9.17) is 9.47 Å². The lowest BCUT2D eigenvalue weighted by Crippen LogP contribution is -2.50. The first-order valence-electron chi connectivity index (χ1n) is 9.25. The van der Waals surface area contributed by atoms with Gasteiger partial charge in [0, 0.05) is 25.7 Å². The fourth-order valence-corrected chi connectivity index (χ4v) is 3.19. The second-order valence-electron chi connectivity index (χ2n) is 6.82. The molecule has 0 aliphatic carbocycles. The summed E-state index contributed by atoms with van der Waals surface area (Å²) in [6.07, 6.45) is 3.38. The van der Waals surface area contributed by atoms with Gasteiger partial charge in [-0.1, -0.05) is 25.8 Å². The third-order valence-electron chi connectivity index (χ3n) is 4.99. The number of hydrogen-bond donors (Lipinski definition) is 0. The van der Waals surface area contributed by atoms with Crippen molar-refractivity contribution in [2.45, 2.75) is 45.2 Å². The van der Waals surface area contributed by atoms with Crippen molar-refractivity contribution in [3.8, 4) is 17.6 Å². The Morgan fingerprint density at radius 2 is 2.08 bits per heavy atom. The van der Waals surface area contributed by atoms with Crippen LogP contribution in [0.4, 0.5) is 0 Å². The van der Waals surface area contributed by atoms with Gasteiger partial charge < -0.3 is 14.4 Å². The van der Waals surface area contributed by atoms with Crippen LogP contribution in [0.25, 0.3) is 0 Å². The highest BCUT2D eigenvalue weighted by Crippen LogP contribution is 2.33. The summed E-state index contributed by atoms with van der Waals surface area (Å²) in [4.78, 5) is 4.58. The molecule has 138 valence electrons. The summed E-state index contributed by atoms with van der Waals surface area (Å²) in [5.41, 5.74) is 0.969. The van der Waals surface area contributed by atoms with Gasteiger partial charge in [-0.15, -0.1) is 0 Å². The quantitative estimate of drug-likeness (QED) is 0.675. The Kier molecular flexibility index (Phi) is 7.54. The standard InChI is InChI=1S/C20H31N3O2/c1-5-6-7-12-25-19-9-8-17(13-20(19)24-4)18(14-21)23-11-10-22(3)16(2)15-23/h8-9,13,16,18H,5-7,10-12,15H2,1-4H3. The van der Waals surface area contributed by atoms with Gasteiger partial charge in [-0.3, -0.25) is 4.90 Å². The van der Waals surface area contributed by atoms with E-state index in [9.17, 15) is 5.26 Å². The van der Waals surface area contributed by atoms with E-state index in [1.807, 2.05) is 18.2 Å². The first-order valence-corrected chi connectivity index (χ1v) is 9.25. The molecule has 1 aliphatic heterocycles. The van der Waals surface area contributed by atoms with Gasteiger partial charge >= 0.3 is 0 Å². The van der Waals surface area contributed by atoms with Crippen LogP contribution in [-0.2, 0) is 0 Å². The molecule has 0 radical (unpaired) electrons. The van der Waals surface area contributed by atoms with E-state index in [-0.39, 0.29) is 6.04 Å². The maximum Gasteiger partial charge on any atom is 0.161 e. The number of benzene rings is 1. The third kappa shape index (κ3) is 5.10. The minimum absolute atomic E-state index is 0.251. The SMILES string of the molecule is CCCCCOc1ccc(C(C#N)N2CCN(C)C(C)C2)cc1OC. The maximum absolute atomic E-state index is 9.74. The highest BCUT2D eigenvalue weighted by atomic mass is 16.5. The van der Waals surface area contributed by atoms with E-state index < -0.39 is 0 Å². The summed E-state index contributed by atoms with van der Waals surface area (Å²) in [5.74, 6) is 1.46. The molecule has 1 saturated heterocycles. The molecule has 5 nitrogen and oxygen atoms in total. The Balaban J connectivity index is 2.10. The van der Waals surface area contributed by atoms with Crippen LogP contribution in [0, 0.1) is 11.3 Å². The van der Waals surface area contributed by atoms with Crippen molar-refractivity contribution in [3.63, 3.8) is 0 Å². The van der Waals surface area contributed by atoms with Gasteiger partial charge in [0.25, 0.3) is 0 Å². The Bertz CT molecular complexity index is 585. The second-order valence-corrected chi connectivity index (χ2v) is 6.82. The fourth-order valence-electron chi connectivity index (χ4n) is 3.19. The lowest BCUT2D eigenvalue weighted by Gasteiger charge is -2.39. The molecule has 1 aromatic rings. The average Bonchev–Trinajstić information content (AvgIpc) is 2.63. The summed E-state index contributed by atoms with van der Waals surface area (Å²) in [5, 5.41) is 9.74. The minimum atomic E-state index is -0.251. The van der Waals surface area contributed by atoms with Gasteiger partial charge in [0.2, 0.25) is 0 Å². The number of likely N-dealkylation sites (N-methyl/N-ethyl adjacent to an activating group) is 1. The number of rotatable bonds is 8. The summed E-state index contributed by atoms with van der Waals surface area (Å²) in [6.45, 7) is 7.85. The molecule has 25 heavy (non-hydrogen) atoms. The molecule has 0 amide bonds. The number of nitriles is 1. The van der Waals surface area contributed by atoms with Crippen LogP contribution in [0.15, 0.2) is 18.2 Å². The fraction of sp³-hybridized carbons (Fsp3) is 0.650. The van der Waals surface area contributed by atoms with Gasteiger partial charge in [0.15, 0.2) is 11.5 Å². The Labute approximate surface area is 152 Å². The Morgan fingerprint density at radius 3 is 2.72 bits per heavy atom. The Morgan fingerprint density at radius 1 is 1.28 bits per heavy atom. The van der Waals surface area contributed by atoms with Crippen molar-refractivity contribution in [3.05, 3.63) is 23.8 Å². The monoisotopic (exact) mass is 345 g/mol. The minimum Gasteiger partial charge on any atom is -0.493 e. The van der Waals surface area contributed by atoms with Crippen molar-refractivity contribution in [1.82, 2.24) is 9.80 Å². The molecule has 5 heteroatoms. The molecule has 2 rings (SSSR count). The van der Waals surface area contributed by atoms with Crippen LogP contribution >= 0.6 is 0 Å². The highest BCUT2D eigenvalue weighted by molar-refractivity contribution is 5.45. The molecule has 0 aromatic heterocycles. The van der Waals surface area contributed by atoms with Crippen LogP contribution in [-0.4, -0.2) is 56.2 Å². The van der Waals surface area contributed by atoms with Crippen molar-refractivity contribution in [1.29, 1.82) is 5.26 Å². The van der Waals surface area contributed by atoms with Gasteiger partial charge in [-0.05, 0) is 38.1 Å². The number of hydrogen-bond acceptors (Lipinski definition) is 5. The normalized spacial score (nSPS) is 20.0. The van der Waals surface area contributed by atoms with Crippen molar-refractivity contribution in [2.75, 3.05) is 40.4 Å². The zero-order valence-electron chi connectivity index (χ0n) is 16.0. The molecular formula is C20H31N3O2. The van der Waals surface area contributed by atoms with E-state index in [1.54, 1.807) is 7.11 Å². The molecule has 0 N–H and O–H groups in total. The highest BCUT2D eigenvalue weighted by Gasteiger charge is 2.28. The number of nitrogens with zero attached hydrogens (tertiary/aromatic N) is 3. The zero-order valence-corrected chi connectivity index (χ0v) is 16.0. The number of unbranched alkanes of at least 4 members (excludes halogenated alkanes) is 2. The average molecular weight is 345 g/mol. The molecule has 0 saturated carbocycles. The second kappa shape index (κ2) is 9.65. The van der Waals surface area contributed by atoms with Crippen LogP contribution < -0.4 is 9.47 Å². The Hall–Kier alpha value is -1.77. The van der Waals surface area contributed by atoms with Gasteiger partial charge in [0.05, 0.1) is 19.8 Å². The molecule has 1 aliphatic rings. The van der Waals surface area contributed by atoms with E-state index in [0.29, 0.717) is 18.4 Å². The number of methoxy groups -OCH3 is 1. The smallest absolute Gasteiger partial charge is 0.161 e. The summed E-state index contributed by atoms with van der Waals surface area (Å²) in [7, 11) is 3.79. The summed E-state index contributed by atoms with van der Waals surface area (Å²) < 4.78 is 11.3. The summed E-state index contributed by atoms with van der Waals surface area (Å²) in [6, 6.07) is 8.55. The number of piperazine rings is 1. The maximum atomic E-state index is 9.74. The molecule has 1 heterocycles. The van der Waals surface area contributed by atoms with Crippen LogP contribution in [0.1, 0.15) is 44.7 Å². The van der Waals surface area contributed by atoms with E-state index in [2.05, 4.69) is 36.8 Å². The van der Waals surface area contributed by atoms with Crippen LogP contribution in [0.5, 0.6) is 11.5 Å². The van der Waals surface area contributed by atoms with E-state index in [0.717, 1.165) is 37.4 Å². The van der Waals surface area contributed by atoms with Crippen molar-refractivity contribution in [2.24, 2.45) is 0 Å². The third-order valence-corrected chi connectivity index (χ3v) is 4.99. The molecule has 2 atom stereocenters. The lowest BCUT2D eigenvalue weighted by atomic mass is 10.0. The lowest BCUT2D eigenvalue weighted by molar-refractivity contribution is 0.0880. The summed E-state index contributed by atoms with van der Waals surface area (Å²) >= 11 is 0. The molecule has 0 bridgehead atoms. The van der Waals surface area contributed by atoms with Gasteiger partial charge in [0.1, 0.15) is 6.04 Å². The van der Waals surface area contributed by atoms with Crippen molar-refractivity contribution < 1.29 is 9.47 Å². The van der Waals surface area contributed by atoms with Crippen molar-refractivity contribution >= 4 is 0 Å². The van der Waals surface area contributed by atoms with E-state index >= 15 is 0 Å². The first kappa shape index (κ1) is 19.6. The first-order chi connectivity index (χ1) is 12.1. The molecule has 1 aromatic carbocycles. The molecule has 1 fully saturated rings. The molecule has 0 spiro atoms. The topological polar surface area (TPSA) is 48.7 Å². The molecular weight excluding hydrogens is 314 g/mol. The van der Waals surface area contributed by atoms with Crippen LogP contribution in [0.2, 0.25) is 0 Å². The van der Waals surface area contributed by atoms with E-state index in [1.165, 1.54) is 12.8 Å².